The molecular formula is C59H61N2O+. The number of hydrogen-bond acceptors (Lipinski definition) is 1. The van der Waals surface area contributed by atoms with E-state index in [2.05, 4.69) is 232 Å². The number of benzene rings is 7. The van der Waals surface area contributed by atoms with Crippen LogP contribution in [0.1, 0.15) is 109 Å². The first-order valence-electron chi connectivity index (χ1n) is 22.5. The SMILES string of the molecule is Cc1ccc2c(oc3cc(-c4ccccc4)ccc32)c1-c1n(-c2c(C(C)C)cc(-c3ccc(-c4cc(C(C)(C)C)cc(C(C)(C)C)c4)cc3)cc2C(C)C)c2ccccc2[n+]1C. The van der Waals surface area contributed by atoms with Gasteiger partial charge in [0.05, 0.1) is 7.05 Å². The molecule has 0 spiro atoms. The fraction of sp³-hybridized carbons (Fsp3) is 0.271. The summed E-state index contributed by atoms with van der Waals surface area (Å²) >= 11 is 0. The van der Waals surface area contributed by atoms with Gasteiger partial charge in [0, 0.05) is 21.9 Å². The molecule has 0 N–H and O–H groups in total. The number of imidazole rings is 1. The van der Waals surface area contributed by atoms with Gasteiger partial charge < -0.3 is 4.42 Å². The smallest absolute Gasteiger partial charge is 0.299 e. The second-order valence-corrected chi connectivity index (χ2v) is 20.2. The number of hydrogen-bond donors (Lipinski definition) is 0. The standard InChI is InChI=1S/C59H61N2O/c1-36(2)49-32-44(41-25-23-40(24-26-41)43-30-45(58(6,7)8)35-46(31-43)59(9,10)11)33-50(37(3)4)55(49)61-52-21-17-16-20-51(52)60(12)57(61)54-38(5)22-28-48-47-29-27-42(34-53(47)62-56(48)54)39-18-14-13-15-19-39/h13-37H,1-12H3/q+1. The van der Waals surface area contributed by atoms with Crippen LogP contribution in [0.3, 0.4) is 0 Å². The molecular weight excluding hydrogens is 753 g/mol. The first-order valence-corrected chi connectivity index (χ1v) is 22.5. The molecule has 3 nitrogen and oxygen atoms in total. The van der Waals surface area contributed by atoms with Gasteiger partial charge in [-0.1, -0.05) is 172 Å². The summed E-state index contributed by atoms with van der Waals surface area (Å²) in [5.74, 6) is 1.64. The summed E-state index contributed by atoms with van der Waals surface area (Å²) in [6, 6.07) is 51.9. The summed E-state index contributed by atoms with van der Waals surface area (Å²) in [6.45, 7) is 25.4. The Kier molecular flexibility index (Phi) is 10.2. The lowest BCUT2D eigenvalue weighted by Gasteiger charge is -2.26. The number of aromatic nitrogens is 2. The maximum Gasteiger partial charge on any atom is 0.299 e. The van der Waals surface area contributed by atoms with Crippen LogP contribution in [0.5, 0.6) is 0 Å². The molecule has 312 valence electrons. The van der Waals surface area contributed by atoms with Crippen molar-refractivity contribution >= 4 is 33.0 Å². The summed E-state index contributed by atoms with van der Waals surface area (Å²) < 4.78 is 11.9. The fourth-order valence-corrected chi connectivity index (χ4v) is 9.35. The number of fused-ring (bicyclic) bond motifs is 4. The lowest BCUT2D eigenvalue weighted by Crippen LogP contribution is -2.30. The molecule has 9 rings (SSSR count). The maximum absolute atomic E-state index is 7.02. The molecule has 62 heavy (non-hydrogen) atoms. The third kappa shape index (κ3) is 7.16. The quantitative estimate of drug-likeness (QED) is 0.147. The van der Waals surface area contributed by atoms with Crippen LogP contribution < -0.4 is 4.57 Å². The van der Waals surface area contributed by atoms with E-state index in [-0.39, 0.29) is 22.7 Å². The monoisotopic (exact) mass is 813 g/mol. The minimum absolute atomic E-state index is 0.0595. The molecule has 0 saturated carbocycles. The van der Waals surface area contributed by atoms with Crippen LogP contribution in [0, 0.1) is 6.92 Å². The van der Waals surface area contributed by atoms with Gasteiger partial charge in [0.2, 0.25) is 0 Å². The van der Waals surface area contributed by atoms with Crippen LogP contribution in [0.4, 0.5) is 0 Å². The first-order chi connectivity index (χ1) is 29.5. The van der Waals surface area contributed by atoms with Crippen LogP contribution >= 0.6 is 0 Å². The van der Waals surface area contributed by atoms with E-state index in [1.54, 1.807) is 0 Å². The molecule has 0 saturated heterocycles. The van der Waals surface area contributed by atoms with Crippen LogP contribution in [0.2, 0.25) is 0 Å². The predicted molar refractivity (Wildman–Crippen MR) is 264 cm³/mol. The number of nitrogens with zero attached hydrogens (tertiary/aromatic N) is 2. The van der Waals surface area contributed by atoms with E-state index < -0.39 is 0 Å². The van der Waals surface area contributed by atoms with E-state index in [1.165, 1.54) is 72.4 Å². The number of aryl methyl sites for hydroxylation is 2. The molecule has 2 heterocycles. The Morgan fingerprint density at radius 1 is 0.516 bits per heavy atom. The van der Waals surface area contributed by atoms with E-state index in [1.807, 2.05) is 0 Å². The van der Waals surface area contributed by atoms with Gasteiger partial charge in [-0.2, -0.15) is 4.57 Å². The zero-order valence-electron chi connectivity index (χ0n) is 38.7. The van der Waals surface area contributed by atoms with Gasteiger partial charge in [-0.05, 0) is 116 Å². The molecule has 3 heteroatoms. The highest BCUT2D eigenvalue weighted by Crippen LogP contribution is 2.44. The Hall–Kier alpha value is -6.19. The normalized spacial score (nSPS) is 12.5. The largest absolute Gasteiger partial charge is 0.455 e. The summed E-state index contributed by atoms with van der Waals surface area (Å²) in [4.78, 5) is 0. The van der Waals surface area contributed by atoms with Crippen molar-refractivity contribution in [1.82, 2.24) is 4.57 Å². The van der Waals surface area contributed by atoms with Crippen LogP contribution in [-0.2, 0) is 17.9 Å². The van der Waals surface area contributed by atoms with E-state index in [9.17, 15) is 0 Å². The second-order valence-electron chi connectivity index (χ2n) is 20.2. The highest BCUT2D eigenvalue weighted by Gasteiger charge is 2.34. The molecule has 0 bridgehead atoms. The Morgan fingerprint density at radius 3 is 1.61 bits per heavy atom. The molecule has 9 aromatic rings. The van der Waals surface area contributed by atoms with Crippen molar-refractivity contribution in [3.05, 3.63) is 167 Å². The van der Waals surface area contributed by atoms with E-state index >= 15 is 0 Å². The van der Waals surface area contributed by atoms with Crippen molar-refractivity contribution in [2.24, 2.45) is 7.05 Å². The van der Waals surface area contributed by atoms with E-state index in [0.29, 0.717) is 0 Å². The zero-order valence-corrected chi connectivity index (χ0v) is 38.7. The number of para-hydroxylation sites is 2. The molecule has 0 aliphatic heterocycles. The molecule has 7 aromatic carbocycles. The molecule has 0 atom stereocenters. The van der Waals surface area contributed by atoms with Crippen molar-refractivity contribution < 1.29 is 8.98 Å². The first kappa shape index (κ1) is 41.2. The van der Waals surface area contributed by atoms with Crippen LogP contribution in [0.25, 0.3) is 83.4 Å². The van der Waals surface area contributed by atoms with Gasteiger partial charge in [-0.3, -0.25) is 0 Å². The second kappa shape index (κ2) is 15.3. The summed E-state index contributed by atoms with van der Waals surface area (Å²) in [6.07, 6.45) is 0. The van der Waals surface area contributed by atoms with Crippen molar-refractivity contribution in [3.8, 4) is 50.5 Å². The third-order valence-corrected chi connectivity index (χ3v) is 13.0. The predicted octanol–water partition coefficient (Wildman–Crippen LogP) is 16.2. The molecule has 0 aliphatic carbocycles. The number of rotatable bonds is 7. The fourth-order valence-electron chi connectivity index (χ4n) is 9.35. The number of furan rings is 1. The lowest BCUT2D eigenvalue weighted by atomic mass is 9.79. The summed E-state index contributed by atoms with van der Waals surface area (Å²) in [5, 5.41) is 2.26. The minimum Gasteiger partial charge on any atom is -0.455 e. The topological polar surface area (TPSA) is 21.9 Å². The third-order valence-electron chi connectivity index (χ3n) is 13.0. The van der Waals surface area contributed by atoms with E-state index in [4.69, 9.17) is 4.42 Å². The summed E-state index contributed by atoms with van der Waals surface area (Å²) in [7, 11) is 2.21. The van der Waals surface area contributed by atoms with Crippen LogP contribution in [-0.4, -0.2) is 4.57 Å². The molecule has 2 aromatic heterocycles. The average molecular weight is 814 g/mol. The highest BCUT2D eigenvalue weighted by molar-refractivity contribution is 6.10. The highest BCUT2D eigenvalue weighted by atomic mass is 16.3. The maximum atomic E-state index is 7.02. The molecule has 0 amide bonds. The molecule has 0 aliphatic rings. The van der Waals surface area contributed by atoms with Gasteiger partial charge in [-0.25, -0.2) is 4.57 Å². The van der Waals surface area contributed by atoms with Crippen molar-refractivity contribution in [3.63, 3.8) is 0 Å². The van der Waals surface area contributed by atoms with Crippen LogP contribution in [0.15, 0.2) is 144 Å². The van der Waals surface area contributed by atoms with Gasteiger partial charge in [0.1, 0.15) is 16.8 Å². The average Bonchev–Trinajstić information content (AvgIpc) is 3.76. The van der Waals surface area contributed by atoms with Crippen molar-refractivity contribution in [2.45, 2.75) is 98.8 Å². The van der Waals surface area contributed by atoms with Crippen molar-refractivity contribution in [2.75, 3.05) is 0 Å². The Morgan fingerprint density at radius 2 is 1.03 bits per heavy atom. The Balaban J connectivity index is 1.24. The van der Waals surface area contributed by atoms with Gasteiger partial charge >= 0.3 is 0 Å². The summed E-state index contributed by atoms with van der Waals surface area (Å²) in [5.41, 5.74) is 20.6. The zero-order chi connectivity index (χ0) is 43.8. The van der Waals surface area contributed by atoms with Gasteiger partial charge in [-0.15, -0.1) is 0 Å². The molecule has 0 unspecified atom stereocenters. The molecule has 0 fully saturated rings. The molecule has 0 radical (unpaired) electrons. The Labute approximate surface area is 368 Å². The van der Waals surface area contributed by atoms with Crippen molar-refractivity contribution in [1.29, 1.82) is 0 Å². The minimum atomic E-state index is 0.0595. The van der Waals surface area contributed by atoms with Gasteiger partial charge in [0.25, 0.3) is 5.82 Å². The lowest BCUT2D eigenvalue weighted by molar-refractivity contribution is -0.633. The van der Waals surface area contributed by atoms with E-state index in [0.717, 1.165) is 38.9 Å². The Bertz CT molecular complexity index is 3080. The van der Waals surface area contributed by atoms with Gasteiger partial charge in [0.15, 0.2) is 16.6 Å².